The van der Waals surface area contributed by atoms with Gasteiger partial charge in [0.2, 0.25) is 12.0 Å². The number of oxime groups is 1. The highest BCUT2D eigenvalue weighted by Crippen LogP contribution is 2.35. The third-order valence-corrected chi connectivity index (χ3v) is 6.47. The fraction of sp³-hybridized carbons (Fsp3) is 0.423. The zero-order valence-corrected chi connectivity index (χ0v) is 19.7. The SMILES string of the molecule is Cc1cc(C)c(C2=NO[C@H](C(=O)N3C(=O)CC(C)(C)N3Cc3ccccc3)[C@H]2C)c(C)c1. The standard InChI is InChI=1S/C26H31N3O3/c1-16-12-17(2)22(18(3)13-16)23-19(4)24(32-27-23)25(31)29-21(30)14-26(5,6)28(29)15-20-10-8-7-9-11-20/h7-13,19,24H,14-15H2,1-6H3/t19-,24-/m0/s1. The average Bonchev–Trinajstić information content (AvgIpc) is 3.18. The summed E-state index contributed by atoms with van der Waals surface area (Å²) in [7, 11) is 0. The minimum Gasteiger partial charge on any atom is -0.381 e. The van der Waals surface area contributed by atoms with Gasteiger partial charge in [0.05, 0.1) is 11.6 Å². The molecule has 0 aliphatic carbocycles. The highest BCUT2D eigenvalue weighted by Gasteiger charge is 2.51. The molecule has 1 fully saturated rings. The number of hydrogen-bond donors (Lipinski definition) is 0. The van der Waals surface area contributed by atoms with Gasteiger partial charge in [-0.2, -0.15) is 0 Å². The molecule has 0 N–H and O–H groups in total. The zero-order valence-electron chi connectivity index (χ0n) is 19.7. The van der Waals surface area contributed by atoms with Crippen LogP contribution in [0.4, 0.5) is 0 Å². The average molecular weight is 434 g/mol. The minimum absolute atomic E-state index is 0.206. The van der Waals surface area contributed by atoms with E-state index in [2.05, 4.69) is 24.2 Å². The fourth-order valence-corrected chi connectivity index (χ4v) is 4.89. The van der Waals surface area contributed by atoms with Crippen molar-refractivity contribution in [2.24, 2.45) is 11.1 Å². The molecule has 2 amide bonds. The molecular formula is C26H31N3O3. The van der Waals surface area contributed by atoms with Crippen molar-refractivity contribution in [2.45, 2.75) is 66.2 Å². The van der Waals surface area contributed by atoms with Crippen LogP contribution in [0.5, 0.6) is 0 Å². The molecule has 32 heavy (non-hydrogen) atoms. The molecule has 0 spiro atoms. The molecule has 2 atom stereocenters. The van der Waals surface area contributed by atoms with E-state index < -0.39 is 11.6 Å². The van der Waals surface area contributed by atoms with E-state index in [0.29, 0.717) is 6.54 Å². The third kappa shape index (κ3) is 3.84. The Kier molecular flexibility index (Phi) is 5.67. The van der Waals surface area contributed by atoms with E-state index in [1.807, 2.05) is 70.0 Å². The van der Waals surface area contributed by atoms with E-state index in [9.17, 15) is 9.59 Å². The molecule has 168 valence electrons. The van der Waals surface area contributed by atoms with Crippen molar-refractivity contribution >= 4 is 17.5 Å². The number of benzene rings is 2. The third-order valence-electron chi connectivity index (χ3n) is 6.47. The summed E-state index contributed by atoms with van der Waals surface area (Å²) in [6, 6.07) is 14.1. The van der Waals surface area contributed by atoms with Crippen LogP contribution in [0.1, 0.15) is 55.0 Å². The topological polar surface area (TPSA) is 62.2 Å². The number of nitrogens with zero attached hydrogens (tertiary/aromatic N) is 3. The van der Waals surface area contributed by atoms with Crippen molar-refractivity contribution in [1.29, 1.82) is 0 Å². The lowest BCUT2D eigenvalue weighted by Gasteiger charge is -2.36. The molecule has 2 aromatic carbocycles. The van der Waals surface area contributed by atoms with Crippen LogP contribution in [0.3, 0.4) is 0 Å². The summed E-state index contributed by atoms with van der Waals surface area (Å²) >= 11 is 0. The summed E-state index contributed by atoms with van der Waals surface area (Å²) < 4.78 is 0. The van der Waals surface area contributed by atoms with E-state index >= 15 is 0 Å². The molecule has 2 heterocycles. The second-order valence-electron chi connectivity index (χ2n) is 9.64. The van der Waals surface area contributed by atoms with Gasteiger partial charge in [-0.1, -0.05) is 60.1 Å². The number of carbonyl (C=O) groups is 2. The summed E-state index contributed by atoms with van der Waals surface area (Å²) in [5, 5.41) is 7.48. The number of hydrogen-bond acceptors (Lipinski definition) is 5. The fourth-order valence-electron chi connectivity index (χ4n) is 4.89. The summed E-state index contributed by atoms with van der Waals surface area (Å²) in [5.74, 6) is -0.828. The molecule has 0 unspecified atom stereocenters. The first-order valence-corrected chi connectivity index (χ1v) is 11.1. The van der Waals surface area contributed by atoms with Gasteiger partial charge in [0, 0.05) is 24.1 Å². The number of rotatable bonds is 4. The molecule has 2 aliphatic rings. The summed E-state index contributed by atoms with van der Waals surface area (Å²) in [6.07, 6.45) is -0.558. The quantitative estimate of drug-likeness (QED) is 0.675. The first-order chi connectivity index (χ1) is 15.1. The van der Waals surface area contributed by atoms with Gasteiger partial charge >= 0.3 is 0 Å². The molecule has 0 bridgehead atoms. The van der Waals surface area contributed by atoms with E-state index in [-0.39, 0.29) is 24.2 Å². The van der Waals surface area contributed by atoms with Crippen molar-refractivity contribution in [3.63, 3.8) is 0 Å². The highest BCUT2D eigenvalue weighted by molar-refractivity contribution is 6.09. The first-order valence-electron chi connectivity index (χ1n) is 11.1. The van der Waals surface area contributed by atoms with E-state index in [1.165, 1.54) is 10.6 Å². The van der Waals surface area contributed by atoms with Gasteiger partial charge in [0.25, 0.3) is 5.91 Å². The van der Waals surface area contributed by atoms with Crippen molar-refractivity contribution in [2.75, 3.05) is 0 Å². The maximum Gasteiger partial charge on any atom is 0.288 e. The van der Waals surface area contributed by atoms with Crippen LogP contribution < -0.4 is 0 Å². The van der Waals surface area contributed by atoms with Crippen molar-refractivity contribution < 1.29 is 14.4 Å². The molecule has 0 aromatic heterocycles. The summed E-state index contributed by atoms with van der Waals surface area (Å²) in [5.41, 5.74) is 5.74. The lowest BCUT2D eigenvalue weighted by molar-refractivity contribution is -0.170. The molecular weight excluding hydrogens is 402 g/mol. The van der Waals surface area contributed by atoms with Crippen LogP contribution in [0.25, 0.3) is 0 Å². The number of amides is 2. The Morgan fingerprint density at radius 1 is 1.12 bits per heavy atom. The lowest BCUT2D eigenvalue weighted by atomic mass is 9.88. The van der Waals surface area contributed by atoms with Gasteiger partial charge in [0.1, 0.15) is 0 Å². The Morgan fingerprint density at radius 2 is 1.75 bits per heavy atom. The van der Waals surface area contributed by atoms with Crippen LogP contribution in [0.15, 0.2) is 47.6 Å². The van der Waals surface area contributed by atoms with E-state index in [0.717, 1.165) is 28.0 Å². The number of carbonyl (C=O) groups excluding carboxylic acids is 2. The molecule has 6 nitrogen and oxygen atoms in total. The van der Waals surface area contributed by atoms with Gasteiger partial charge in [-0.25, -0.2) is 10.0 Å². The summed E-state index contributed by atoms with van der Waals surface area (Å²) in [6.45, 7) is 12.6. The number of imide groups is 1. The Balaban J connectivity index is 1.60. The maximum absolute atomic E-state index is 13.6. The molecule has 4 rings (SSSR count). The predicted octanol–water partition coefficient (Wildman–Crippen LogP) is 4.31. The normalized spacial score (nSPS) is 22.8. The van der Waals surface area contributed by atoms with Crippen LogP contribution in [0.2, 0.25) is 0 Å². The van der Waals surface area contributed by atoms with Crippen LogP contribution in [-0.4, -0.2) is 39.2 Å². The lowest BCUT2D eigenvalue weighted by Crippen LogP contribution is -2.53. The Hall–Kier alpha value is -2.99. The zero-order chi connectivity index (χ0) is 23.2. The maximum atomic E-state index is 13.6. The first kappa shape index (κ1) is 22.2. The Morgan fingerprint density at radius 3 is 2.38 bits per heavy atom. The Labute approximate surface area is 189 Å². The molecule has 2 aliphatic heterocycles. The van der Waals surface area contributed by atoms with Gasteiger partial charge in [-0.15, -0.1) is 0 Å². The summed E-state index contributed by atoms with van der Waals surface area (Å²) in [4.78, 5) is 32.3. The highest BCUT2D eigenvalue weighted by atomic mass is 16.6. The van der Waals surface area contributed by atoms with Crippen LogP contribution in [-0.2, 0) is 21.0 Å². The largest absolute Gasteiger partial charge is 0.381 e. The van der Waals surface area contributed by atoms with Crippen molar-refractivity contribution in [1.82, 2.24) is 10.0 Å². The predicted molar refractivity (Wildman–Crippen MR) is 124 cm³/mol. The second kappa shape index (κ2) is 8.17. The smallest absolute Gasteiger partial charge is 0.288 e. The molecule has 1 saturated heterocycles. The van der Waals surface area contributed by atoms with Gasteiger partial charge < -0.3 is 4.84 Å². The molecule has 0 radical (unpaired) electrons. The van der Waals surface area contributed by atoms with Gasteiger partial charge in [-0.3, -0.25) is 9.59 Å². The molecule has 6 heteroatoms. The van der Waals surface area contributed by atoms with Crippen LogP contribution in [0, 0.1) is 26.7 Å². The van der Waals surface area contributed by atoms with Gasteiger partial charge in [0.15, 0.2) is 0 Å². The van der Waals surface area contributed by atoms with E-state index in [1.54, 1.807) is 0 Å². The van der Waals surface area contributed by atoms with Crippen molar-refractivity contribution in [3.8, 4) is 0 Å². The monoisotopic (exact) mass is 433 g/mol. The molecule has 2 aromatic rings. The Bertz CT molecular complexity index is 1070. The van der Waals surface area contributed by atoms with Gasteiger partial charge in [-0.05, 0) is 51.3 Å². The molecule has 0 saturated carbocycles. The number of hydrazine groups is 1. The second-order valence-corrected chi connectivity index (χ2v) is 9.64. The number of aryl methyl sites for hydroxylation is 3. The van der Waals surface area contributed by atoms with E-state index in [4.69, 9.17) is 4.84 Å². The van der Waals surface area contributed by atoms with Crippen molar-refractivity contribution in [3.05, 3.63) is 70.3 Å². The van der Waals surface area contributed by atoms with Crippen LogP contribution >= 0.6 is 0 Å². The minimum atomic E-state index is -0.832.